The molecule has 2 saturated carbocycles. The molecule has 0 radical (unpaired) electrons. The van der Waals surface area contributed by atoms with Crippen LogP contribution in [0.2, 0.25) is 0 Å². The first kappa shape index (κ1) is 15.3. The lowest BCUT2D eigenvalue weighted by molar-refractivity contribution is -0.135. The van der Waals surface area contributed by atoms with Gasteiger partial charge in [-0.05, 0) is 38.1 Å². The van der Waals surface area contributed by atoms with Gasteiger partial charge in [-0.3, -0.25) is 14.5 Å². The molecule has 3 aliphatic rings. The molecule has 0 aromatic heterocycles. The summed E-state index contributed by atoms with van der Waals surface area (Å²) in [6.07, 6.45) is 6.21. The van der Waals surface area contributed by atoms with E-state index < -0.39 is 11.6 Å². The molecule has 4 N–H and O–H groups in total. The standard InChI is InChI=1S/C15H24N4O3/c16-8-10-4-3-5-11(10)17-12(20)9-19-13(21)15(18-14(19)22)6-1-2-7-15/h10-11H,1-9,16H2,(H,17,20)(H,18,22). The second-order valence-corrected chi connectivity index (χ2v) is 6.71. The molecule has 0 bridgehead atoms. The Labute approximate surface area is 130 Å². The van der Waals surface area contributed by atoms with Crippen molar-refractivity contribution in [1.29, 1.82) is 0 Å². The molecule has 7 nitrogen and oxygen atoms in total. The molecule has 122 valence electrons. The average molecular weight is 308 g/mol. The quantitative estimate of drug-likeness (QED) is 0.640. The number of carbonyl (C=O) groups excluding carboxylic acids is 3. The van der Waals surface area contributed by atoms with Gasteiger partial charge in [0.15, 0.2) is 0 Å². The molecule has 0 aromatic carbocycles. The Morgan fingerprint density at radius 2 is 2.00 bits per heavy atom. The summed E-state index contributed by atoms with van der Waals surface area (Å²) < 4.78 is 0. The van der Waals surface area contributed by atoms with Crippen molar-refractivity contribution in [2.75, 3.05) is 13.1 Å². The lowest BCUT2D eigenvalue weighted by Crippen LogP contribution is -2.47. The second kappa shape index (κ2) is 5.87. The van der Waals surface area contributed by atoms with Crippen LogP contribution in [0.1, 0.15) is 44.9 Å². The number of hydrogen-bond acceptors (Lipinski definition) is 4. The number of hydrogen-bond donors (Lipinski definition) is 3. The van der Waals surface area contributed by atoms with Gasteiger partial charge in [-0.1, -0.05) is 19.3 Å². The van der Waals surface area contributed by atoms with E-state index in [1.165, 1.54) is 0 Å². The third-order valence-corrected chi connectivity index (χ3v) is 5.31. The van der Waals surface area contributed by atoms with Crippen LogP contribution >= 0.6 is 0 Å². The van der Waals surface area contributed by atoms with Crippen LogP contribution in [0.3, 0.4) is 0 Å². The molecule has 22 heavy (non-hydrogen) atoms. The van der Waals surface area contributed by atoms with Gasteiger partial charge in [0.2, 0.25) is 5.91 Å². The van der Waals surface area contributed by atoms with Crippen molar-refractivity contribution in [3.63, 3.8) is 0 Å². The number of rotatable bonds is 4. The van der Waals surface area contributed by atoms with E-state index >= 15 is 0 Å². The summed E-state index contributed by atoms with van der Waals surface area (Å²) in [5.41, 5.74) is 4.96. The highest BCUT2D eigenvalue weighted by atomic mass is 16.2. The fourth-order valence-electron chi connectivity index (χ4n) is 4.04. The molecule has 1 heterocycles. The monoisotopic (exact) mass is 308 g/mol. The van der Waals surface area contributed by atoms with Crippen molar-refractivity contribution in [3.8, 4) is 0 Å². The molecule has 7 heteroatoms. The highest BCUT2D eigenvalue weighted by molar-refractivity contribution is 6.09. The summed E-state index contributed by atoms with van der Waals surface area (Å²) in [6.45, 7) is 0.359. The van der Waals surface area contributed by atoms with Crippen LogP contribution < -0.4 is 16.4 Å². The fourth-order valence-corrected chi connectivity index (χ4v) is 4.04. The van der Waals surface area contributed by atoms with E-state index in [1.807, 2.05) is 0 Å². The molecule has 0 aromatic rings. The van der Waals surface area contributed by atoms with Crippen molar-refractivity contribution in [2.45, 2.75) is 56.5 Å². The Hall–Kier alpha value is -1.63. The minimum Gasteiger partial charge on any atom is -0.351 e. The normalized spacial score (nSPS) is 30.1. The minimum absolute atomic E-state index is 0.0682. The zero-order valence-corrected chi connectivity index (χ0v) is 12.8. The average Bonchev–Trinajstić information content (AvgIpc) is 3.17. The van der Waals surface area contributed by atoms with E-state index in [9.17, 15) is 14.4 Å². The number of carbonyl (C=O) groups is 3. The molecule has 3 fully saturated rings. The third-order valence-electron chi connectivity index (χ3n) is 5.31. The van der Waals surface area contributed by atoms with Crippen molar-refractivity contribution in [3.05, 3.63) is 0 Å². The summed E-state index contributed by atoms with van der Waals surface area (Å²) in [6, 6.07) is -0.373. The maximum absolute atomic E-state index is 12.5. The number of nitrogens with zero attached hydrogens (tertiary/aromatic N) is 1. The van der Waals surface area contributed by atoms with E-state index in [2.05, 4.69) is 10.6 Å². The Kier molecular flexibility index (Phi) is 4.08. The van der Waals surface area contributed by atoms with Crippen molar-refractivity contribution < 1.29 is 14.4 Å². The van der Waals surface area contributed by atoms with E-state index in [0.29, 0.717) is 25.3 Å². The van der Waals surface area contributed by atoms with Gasteiger partial charge < -0.3 is 16.4 Å². The SMILES string of the molecule is NCC1CCCC1NC(=O)CN1C(=O)NC2(CCCC2)C1=O. The number of nitrogens with two attached hydrogens (primary N) is 1. The first-order valence-corrected chi connectivity index (χ1v) is 8.19. The Bertz CT molecular complexity index is 487. The molecule has 1 saturated heterocycles. The van der Waals surface area contributed by atoms with Gasteiger partial charge in [0.05, 0.1) is 0 Å². The van der Waals surface area contributed by atoms with Gasteiger partial charge in [0.1, 0.15) is 12.1 Å². The zero-order valence-electron chi connectivity index (χ0n) is 12.8. The van der Waals surface area contributed by atoms with Gasteiger partial charge in [0, 0.05) is 6.04 Å². The molecule has 2 atom stereocenters. The Morgan fingerprint density at radius 1 is 1.27 bits per heavy atom. The minimum atomic E-state index is -0.746. The zero-order chi connectivity index (χ0) is 15.7. The van der Waals surface area contributed by atoms with E-state index in [-0.39, 0.29) is 24.4 Å². The number of nitrogens with one attached hydrogen (secondary N) is 2. The van der Waals surface area contributed by atoms with Crippen LogP contribution in [0.15, 0.2) is 0 Å². The lowest BCUT2D eigenvalue weighted by atomic mass is 9.98. The predicted molar refractivity (Wildman–Crippen MR) is 79.8 cm³/mol. The van der Waals surface area contributed by atoms with Crippen LogP contribution in [-0.2, 0) is 9.59 Å². The summed E-state index contributed by atoms with van der Waals surface area (Å²) in [5, 5.41) is 5.72. The van der Waals surface area contributed by atoms with Gasteiger partial charge in [-0.2, -0.15) is 0 Å². The number of imide groups is 1. The molecular weight excluding hydrogens is 284 g/mol. The largest absolute Gasteiger partial charge is 0.351 e. The van der Waals surface area contributed by atoms with Crippen molar-refractivity contribution in [2.24, 2.45) is 11.7 Å². The molecule has 1 aliphatic heterocycles. The van der Waals surface area contributed by atoms with Crippen LogP contribution in [0, 0.1) is 5.92 Å². The number of amides is 4. The summed E-state index contributed by atoms with van der Waals surface area (Å²) in [5.74, 6) is -0.218. The molecular formula is C15H24N4O3. The molecule has 4 amide bonds. The Balaban J connectivity index is 1.59. The first-order valence-electron chi connectivity index (χ1n) is 8.19. The summed E-state index contributed by atoms with van der Waals surface area (Å²) in [7, 11) is 0. The van der Waals surface area contributed by atoms with Crippen molar-refractivity contribution >= 4 is 17.8 Å². The van der Waals surface area contributed by atoms with Crippen LogP contribution in [0.4, 0.5) is 4.79 Å². The van der Waals surface area contributed by atoms with Gasteiger partial charge in [0.25, 0.3) is 5.91 Å². The highest BCUT2D eigenvalue weighted by Crippen LogP contribution is 2.35. The predicted octanol–water partition coefficient (Wildman–Crippen LogP) is 0.0946. The number of urea groups is 1. The van der Waals surface area contributed by atoms with E-state index in [0.717, 1.165) is 37.0 Å². The molecule has 1 spiro atoms. The van der Waals surface area contributed by atoms with E-state index in [4.69, 9.17) is 5.73 Å². The molecule has 2 unspecified atom stereocenters. The van der Waals surface area contributed by atoms with E-state index in [1.54, 1.807) is 0 Å². The van der Waals surface area contributed by atoms with Crippen molar-refractivity contribution in [1.82, 2.24) is 15.5 Å². The maximum atomic E-state index is 12.5. The summed E-state index contributed by atoms with van der Waals surface area (Å²) >= 11 is 0. The fraction of sp³-hybridized carbons (Fsp3) is 0.800. The molecule has 3 rings (SSSR count). The van der Waals surface area contributed by atoms with Gasteiger partial charge in [-0.15, -0.1) is 0 Å². The van der Waals surface area contributed by atoms with Crippen LogP contribution in [-0.4, -0.2) is 47.4 Å². The maximum Gasteiger partial charge on any atom is 0.325 e. The second-order valence-electron chi connectivity index (χ2n) is 6.71. The summed E-state index contributed by atoms with van der Waals surface area (Å²) in [4.78, 5) is 37.8. The molecule has 2 aliphatic carbocycles. The van der Waals surface area contributed by atoms with Crippen LogP contribution in [0.25, 0.3) is 0 Å². The smallest absolute Gasteiger partial charge is 0.325 e. The van der Waals surface area contributed by atoms with Gasteiger partial charge in [-0.25, -0.2) is 4.79 Å². The van der Waals surface area contributed by atoms with Crippen LogP contribution in [0.5, 0.6) is 0 Å². The lowest BCUT2D eigenvalue weighted by Gasteiger charge is -2.22. The van der Waals surface area contributed by atoms with Gasteiger partial charge >= 0.3 is 6.03 Å². The highest BCUT2D eigenvalue weighted by Gasteiger charge is 2.52. The first-order chi connectivity index (χ1) is 10.6. The third kappa shape index (κ3) is 2.58. The topological polar surface area (TPSA) is 105 Å². The Morgan fingerprint density at radius 3 is 2.68 bits per heavy atom.